The van der Waals surface area contributed by atoms with E-state index in [0.29, 0.717) is 0 Å². The zero-order valence-electron chi connectivity index (χ0n) is 9.09. The summed E-state index contributed by atoms with van der Waals surface area (Å²) in [5.41, 5.74) is 0. The van der Waals surface area contributed by atoms with Gasteiger partial charge in [-0.1, -0.05) is 32.9 Å². The third-order valence-corrected chi connectivity index (χ3v) is 8.67. The molecule has 0 unspecified atom stereocenters. The highest BCUT2D eigenvalue weighted by Gasteiger charge is 2.31. The molecule has 0 spiro atoms. The Kier molecular flexibility index (Phi) is 3.79. The van der Waals surface area contributed by atoms with Gasteiger partial charge in [0.2, 0.25) is 0 Å². The van der Waals surface area contributed by atoms with E-state index < -0.39 is 8.24 Å². The molecule has 0 radical (unpaired) electrons. The summed E-state index contributed by atoms with van der Waals surface area (Å²) in [6, 6.07) is 4.07. The summed E-state index contributed by atoms with van der Waals surface area (Å²) in [5, 5.41) is 0. The lowest BCUT2D eigenvalue weighted by molar-refractivity contribution is 0.706. The third kappa shape index (κ3) is 2.05. The number of nitrogens with zero attached hydrogens (tertiary/aromatic N) is 1. The highest BCUT2D eigenvalue weighted by atomic mass is 28.3. The van der Waals surface area contributed by atoms with Crippen LogP contribution in [0.3, 0.4) is 0 Å². The van der Waals surface area contributed by atoms with Crippen molar-refractivity contribution in [2.45, 2.75) is 45.3 Å². The van der Waals surface area contributed by atoms with Crippen molar-refractivity contribution >= 4 is 8.24 Å². The predicted octanol–water partition coefficient (Wildman–Crippen LogP) is 3.72. The fourth-order valence-corrected chi connectivity index (χ4v) is 5.53. The molecule has 0 amide bonds. The Hall–Kier alpha value is -0.503. The van der Waals surface area contributed by atoms with Gasteiger partial charge in [-0.25, -0.2) is 0 Å². The highest BCUT2D eigenvalue weighted by molar-refractivity contribution is 6.77. The lowest BCUT2D eigenvalue weighted by Crippen LogP contribution is -2.46. The SMILES string of the molecule is CC[Si](CC)(CC)N1C=CCC=C1. The van der Waals surface area contributed by atoms with E-state index in [1.54, 1.807) is 0 Å². The van der Waals surface area contributed by atoms with Crippen molar-refractivity contribution in [3.63, 3.8) is 0 Å². The zero-order valence-corrected chi connectivity index (χ0v) is 10.1. The maximum Gasteiger partial charge on any atom is 0.160 e. The summed E-state index contributed by atoms with van der Waals surface area (Å²) in [5.74, 6) is 0. The van der Waals surface area contributed by atoms with Gasteiger partial charge in [0.05, 0.1) is 0 Å². The van der Waals surface area contributed by atoms with Gasteiger partial charge in [0.1, 0.15) is 0 Å². The van der Waals surface area contributed by atoms with Gasteiger partial charge < -0.3 is 4.57 Å². The number of hydrogen-bond acceptors (Lipinski definition) is 1. The lowest BCUT2D eigenvalue weighted by Gasteiger charge is -2.38. The third-order valence-electron chi connectivity index (χ3n) is 3.33. The summed E-state index contributed by atoms with van der Waals surface area (Å²) < 4.78 is 2.52. The zero-order chi connectivity index (χ0) is 9.73. The van der Waals surface area contributed by atoms with Crippen LogP contribution in [0.15, 0.2) is 24.6 Å². The van der Waals surface area contributed by atoms with Gasteiger partial charge in [0, 0.05) is 0 Å². The Morgan fingerprint density at radius 1 is 1.00 bits per heavy atom. The maximum absolute atomic E-state index is 2.52. The molecule has 0 fully saturated rings. The van der Waals surface area contributed by atoms with Crippen molar-refractivity contribution in [3.8, 4) is 0 Å². The fraction of sp³-hybridized carbons (Fsp3) is 0.636. The Morgan fingerprint density at radius 3 is 1.85 bits per heavy atom. The second-order valence-corrected chi connectivity index (χ2v) is 8.78. The van der Waals surface area contributed by atoms with Crippen LogP contribution in [-0.4, -0.2) is 12.8 Å². The standard InChI is InChI=1S/C11H21NSi/c1-4-13(5-2,6-3)12-10-8-7-9-11-12/h8-11H,4-7H2,1-3H3. The molecule has 0 aromatic heterocycles. The van der Waals surface area contributed by atoms with E-state index in [4.69, 9.17) is 0 Å². The van der Waals surface area contributed by atoms with Crippen molar-refractivity contribution < 1.29 is 0 Å². The van der Waals surface area contributed by atoms with E-state index in [1.165, 1.54) is 18.1 Å². The lowest BCUT2D eigenvalue weighted by atomic mass is 10.4. The fourth-order valence-electron chi connectivity index (χ4n) is 2.09. The van der Waals surface area contributed by atoms with Crippen LogP contribution < -0.4 is 0 Å². The van der Waals surface area contributed by atoms with E-state index in [9.17, 15) is 0 Å². The maximum atomic E-state index is 2.52. The van der Waals surface area contributed by atoms with Crippen molar-refractivity contribution in [1.82, 2.24) is 4.57 Å². The van der Waals surface area contributed by atoms with Crippen LogP contribution in [0, 0.1) is 0 Å². The molecule has 0 aromatic rings. The van der Waals surface area contributed by atoms with Crippen LogP contribution in [0.1, 0.15) is 27.2 Å². The average molecular weight is 195 g/mol. The average Bonchev–Trinajstić information content (AvgIpc) is 2.23. The van der Waals surface area contributed by atoms with Gasteiger partial charge in [-0.05, 0) is 37.0 Å². The minimum atomic E-state index is -1.16. The smallest absolute Gasteiger partial charge is 0.160 e. The first kappa shape index (κ1) is 10.6. The van der Waals surface area contributed by atoms with Crippen LogP contribution in [-0.2, 0) is 0 Å². The Balaban J connectivity index is 2.79. The molecule has 0 saturated carbocycles. The molecule has 1 nitrogen and oxygen atoms in total. The van der Waals surface area contributed by atoms with Crippen LogP contribution in [0.5, 0.6) is 0 Å². The topological polar surface area (TPSA) is 3.24 Å². The molecule has 13 heavy (non-hydrogen) atoms. The molecule has 0 bridgehead atoms. The first-order valence-electron chi connectivity index (χ1n) is 5.41. The predicted molar refractivity (Wildman–Crippen MR) is 61.9 cm³/mol. The van der Waals surface area contributed by atoms with Gasteiger partial charge >= 0.3 is 0 Å². The minimum Gasteiger partial charge on any atom is -0.381 e. The number of rotatable bonds is 4. The Bertz CT molecular complexity index is 184. The summed E-state index contributed by atoms with van der Waals surface area (Å²) >= 11 is 0. The second-order valence-electron chi connectivity index (χ2n) is 3.70. The first-order chi connectivity index (χ1) is 6.29. The quantitative estimate of drug-likeness (QED) is 0.618. The largest absolute Gasteiger partial charge is 0.381 e. The van der Waals surface area contributed by atoms with Gasteiger partial charge in [0.15, 0.2) is 8.24 Å². The Labute approximate surface area is 83.2 Å². The molecule has 0 aromatic carbocycles. The van der Waals surface area contributed by atoms with Crippen molar-refractivity contribution in [2.24, 2.45) is 0 Å². The molecule has 0 N–H and O–H groups in total. The molecule has 1 aliphatic rings. The number of hydrogen-bond donors (Lipinski definition) is 0. The van der Waals surface area contributed by atoms with Crippen molar-refractivity contribution in [3.05, 3.63) is 24.6 Å². The van der Waals surface area contributed by atoms with Crippen molar-refractivity contribution in [1.29, 1.82) is 0 Å². The van der Waals surface area contributed by atoms with Gasteiger partial charge in [-0.2, -0.15) is 0 Å². The monoisotopic (exact) mass is 195 g/mol. The molecule has 0 saturated heterocycles. The van der Waals surface area contributed by atoms with Crippen LogP contribution >= 0.6 is 0 Å². The van der Waals surface area contributed by atoms with E-state index in [-0.39, 0.29) is 0 Å². The molecule has 1 rings (SSSR count). The molecule has 0 atom stereocenters. The van der Waals surface area contributed by atoms with E-state index in [0.717, 1.165) is 6.42 Å². The summed E-state index contributed by atoms with van der Waals surface area (Å²) in [7, 11) is -1.16. The second kappa shape index (κ2) is 4.65. The molecular formula is C11H21NSi. The van der Waals surface area contributed by atoms with Gasteiger partial charge in [-0.15, -0.1) is 0 Å². The van der Waals surface area contributed by atoms with E-state index in [2.05, 4.69) is 49.9 Å². The summed E-state index contributed by atoms with van der Waals surface area (Å²) in [6.45, 7) is 7.03. The molecule has 2 heteroatoms. The normalized spacial score (nSPS) is 16.7. The van der Waals surface area contributed by atoms with Crippen LogP contribution in [0.4, 0.5) is 0 Å². The molecular weight excluding hydrogens is 174 g/mol. The Morgan fingerprint density at radius 2 is 1.46 bits per heavy atom. The van der Waals surface area contributed by atoms with Gasteiger partial charge in [0.25, 0.3) is 0 Å². The van der Waals surface area contributed by atoms with Crippen molar-refractivity contribution in [2.75, 3.05) is 0 Å². The molecule has 1 aliphatic heterocycles. The molecule has 0 aliphatic carbocycles. The van der Waals surface area contributed by atoms with Crippen LogP contribution in [0.25, 0.3) is 0 Å². The van der Waals surface area contributed by atoms with Gasteiger partial charge in [-0.3, -0.25) is 0 Å². The highest BCUT2D eigenvalue weighted by Crippen LogP contribution is 2.26. The molecule has 74 valence electrons. The van der Waals surface area contributed by atoms with E-state index in [1.807, 2.05) is 0 Å². The van der Waals surface area contributed by atoms with Crippen LogP contribution in [0.2, 0.25) is 18.1 Å². The summed E-state index contributed by atoms with van der Waals surface area (Å²) in [6.07, 6.45) is 10.2. The number of allylic oxidation sites excluding steroid dienone is 2. The minimum absolute atomic E-state index is 1.11. The first-order valence-corrected chi connectivity index (χ1v) is 7.97. The summed E-state index contributed by atoms with van der Waals surface area (Å²) in [4.78, 5) is 0. The van der Waals surface area contributed by atoms with E-state index >= 15 is 0 Å². The molecule has 1 heterocycles.